The molecule has 88 valence electrons. The van der Waals surface area contributed by atoms with Crippen molar-refractivity contribution in [2.45, 2.75) is 32.7 Å². The van der Waals surface area contributed by atoms with E-state index in [0.717, 1.165) is 19.0 Å². The molecular formula is C11H23N3O. The molecule has 4 nitrogen and oxygen atoms in total. The van der Waals surface area contributed by atoms with E-state index in [4.69, 9.17) is 11.5 Å². The van der Waals surface area contributed by atoms with Crippen molar-refractivity contribution in [3.8, 4) is 0 Å². The summed E-state index contributed by atoms with van der Waals surface area (Å²) >= 11 is 0. The minimum absolute atomic E-state index is 0.421. The van der Waals surface area contributed by atoms with E-state index < -0.39 is 11.4 Å². The second kappa shape index (κ2) is 4.49. The van der Waals surface area contributed by atoms with Gasteiger partial charge in [-0.1, -0.05) is 13.8 Å². The van der Waals surface area contributed by atoms with Crippen LogP contribution in [0, 0.1) is 11.8 Å². The van der Waals surface area contributed by atoms with E-state index in [-0.39, 0.29) is 0 Å². The summed E-state index contributed by atoms with van der Waals surface area (Å²) in [7, 11) is 0. The van der Waals surface area contributed by atoms with Crippen LogP contribution in [-0.2, 0) is 4.79 Å². The van der Waals surface area contributed by atoms with Crippen molar-refractivity contribution >= 4 is 5.91 Å². The zero-order valence-corrected chi connectivity index (χ0v) is 9.99. The lowest BCUT2D eigenvalue weighted by Crippen LogP contribution is -2.56. The molecule has 0 bridgehead atoms. The number of likely N-dealkylation sites (tertiary alicyclic amines) is 1. The normalized spacial score (nSPS) is 26.9. The van der Waals surface area contributed by atoms with E-state index >= 15 is 0 Å². The van der Waals surface area contributed by atoms with Gasteiger partial charge in [-0.2, -0.15) is 0 Å². The Bertz CT molecular complexity index is 238. The van der Waals surface area contributed by atoms with Gasteiger partial charge in [0.2, 0.25) is 5.91 Å². The first kappa shape index (κ1) is 12.5. The molecule has 0 aromatic carbocycles. The van der Waals surface area contributed by atoms with E-state index in [9.17, 15) is 4.79 Å². The van der Waals surface area contributed by atoms with Crippen LogP contribution in [0.1, 0.15) is 27.2 Å². The first-order chi connectivity index (χ1) is 6.83. The van der Waals surface area contributed by atoms with Crippen molar-refractivity contribution in [3.05, 3.63) is 0 Å². The Kier molecular flexibility index (Phi) is 3.73. The minimum Gasteiger partial charge on any atom is -0.368 e. The number of nitrogens with two attached hydrogens (primary N) is 2. The third-order valence-electron chi connectivity index (χ3n) is 3.37. The number of carbonyl (C=O) groups excluding carboxylic acids is 1. The van der Waals surface area contributed by atoms with Crippen molar-refractivity contribution in [2.24, 2.45) is 23.3 Å². The largest absolute Gasteiger partial charge is 0.368 e. The van der Waals surface area contributed by atoms with E-state index in [1.165, 1.54) is 6.42 Å². The van der Waals surface area contributed by atoms with Gasteiger partial charge in [-0.05, 0) is 31.7 Å². The van der Waals surface area contributed by atoms with Crippen LogP contribution in [0.25, 0.3) is 0 Å². The molecule has 1 fully saturated rings. The standard InChI is InChI=1S/C11H23N3O/c1-8(2)9-4-5-14(6-9)7-11(3,13)10(12)15/h8-9H,4-7,13H2,1-3H3,(H2,12,15). The van der Waals surface area contributed by atoms with Crippen molar-refractivity contribution < 1.29 is 4.79 Å². The highest BCUT2D eigenvalue weighted by molar-refractivity contribution is 5.84. The molecule has 0 radical (unpaired) electrons. The topological polar surface area (TPSA) is 72.3 Å². The van der Waals surface area contributed by atoms with Crippen LogP contribution in [0.15, 0.2) is 0 Å². The van der Waals surface area contributed by atoms with Gasteiger partial charge in [0, 0.05) is 13.1 Å². The van der Waals surface area contributed by atoms with Gasteiger partial charge in [-0.3, -0.25) is 4.79 Å². The molecule has 0 aromatic heterocycles. The first-order valence-electron chi connectivity index (χ1n) is 5.64. The Morgan fingerprint density at radius 2 is 2.20 bits per heavy atom. The Balaban J connectivity index is 2.46. The first-order valence-corrected chi connectivity index (χ1v) is 5.64. The molecule has 0 spiro atoms. The number of carbonyl (C=O) groups is 1. The molecule has 4 heteroatoms. The molecule has 1 amide bonds. The zero-order valence-electron chi connectivity index (χ0n) is 9.99. The van der Waals surface area contributed by atoms with Crippen molar-refractivity contribution in [3.63, 3.8) is 0 Å². The summed E-state index contributed by atoms with van der Waals surface area (Å²) in [6.45, 7) is 8.83. The highest BCUT2D eigenvalue weighted by atomic mass is 16.1. The third-order valence-corrected chi connectivity index (χ3v) is 3.37. The molecule has 1 saturated heterocycles. The Hall–Kier alpha value is -0.610. The van der Waals surface area contributed by atoms with E-state index in [0.29, 0.717) is 12.5 Å². The lowest BCUT2D eigenvalue weighted by molar-refractivity contribution is -0.123. The predicted octanol–water partition coefficient (Wildman–Crippen LogP) is 0.167. The van der Waals surface area contributed by atoms with Gasteiger partial charge < -0.3 is 16.4 Å². The molecule has 1 heterocycles. The van der Waals surface area contributed by atoms with Crippen LogP contribution in [0.5, 0.6) is 0 Å². The molecule has 1 aliphatic heterocycles. The summed E-state index contributed by atoms with van der Waals surface area (Å²) in [5, 5.41) is 0. The van der Waals surface area contributed by atoms with Gasteiger partial charge in [0.25, 0.3) is 0 Å². The monoisotopic (exact) mass is 213 g/mol. The molecule has 2 unspecified atom stereocenters. The molecule has 4 N–H and O–H groups in total. The van der Waals surface area contributed by atoms with Crippen LogP contribution < -0.4 is 11.5 Å². The number of hydrogen-bond acceptors (Lipinski definition) is 3. The molecular weight excluding hydrogens is 190 g/mol. The fourth-order valence-electron chi connectivity index (χ4n) is 2.09. The summed E-state index contributed by atoms with van der Waals surface area (Å²) in [5.41, 5.74) is 10.2. The quantitative estimate of drug-likeness (QED) is 0.699. The van der Waals surface area contributed by atoms with Gasteiger partial charge in [-0.25, -0.2) is 0 Å². The Morgan fingerprint density at radius 3 is 2.60 bits per heavy atom. The van der Waals surface area contributed by atoms with Gasteiger partial charge >= 0.3 is 0 Å². The third kappa shape index (κ3) is 3.18. The van der Waals surface area contributed by atoms with Crippen LogP contribution in [0.2, 0.25) is 0 Å². The van der Waals surface area contributed by atoms with Gasteiger partial charge in [-0.15, -0.1) is 0 Å². The van der Waals surface area contributed by atoms with Crippen molar-refractivity contribution in [1.82, 2.24) is 4.90 Å². The smallest absolute Gasteiger partial charge is 0.238 e. The van der Waals surface area contributed by atoms with E-state index in [1.54, 1.807) is 6.92 Å². The van der Waals surface area contributed by atoms with Crippen LogP contribution in [0.4, 0.5) is 0 Å². The molecule has 15 heavy (non-hydrogen) atoms. The number of amides is 1. The summed E-state index contributed by atoms with van der Waals surface area (Å²) in [6.07, 6.45) is 1.20. The lowest BCUT2D eigenvalue weighted by Gasteiger charge is -2.27. The molecule has 0 aliphatic carbocycles. The number of rotatable bonds is 4. The SMILES string of the molecule is CC(C)C1CCN(CC(C)(N)C(N)=O)C1. The van der Waals surface area contributed by atoms with Crippen LogP contribution >= 0.6 is 0 Å². The lowest BCUT2D eigenvalue weighted by atomic mass is 9.95. The summed E-state index contributed by atoms with van der Waals surface area (Å²) in [5.74, 6) is 1.01. The second-order valence-corrected chi connectivity index (χ2v) is 5.31. The maximum absolute atomic E-state index is 11.1. The zero-order chi connectivity index (χ0) is 11.6. The second-order valence-electron chi connectivity index (χ2n) is 5.31. The highest BCUT2D eigenvalue weighted by Gasteiger charge is 2.32. The average Bonchev–Trinajstić information content (AvgIpc) is 2.51. The predicted molar refractivity (Wildman–Crippen MR) is 61.2 cm³/mol. The molecule has 1 rings (SSSR count). The van der Waals surface area contributed by atoms with Crippen LogP contribution in [-0.4, -0.2) is 36.0 Å². The molecule has 1 aliphatic rings. The van der Waals surface area contributed by atoms with Crippen LogP contribution in [0.3, 0.4) is 0 Å². The molecule has 0 aromatic rings. The van der Waals surface area contributed by atoms with Gasteiger partial charge in [0.05, 0.1) is 0 Å². The highest BCUT2D eigenvalue weighted by Crippen LogP contribution is 2.24. The van der Waals surface area contributed by atoms with E-state index in [1.807, 2.05) is 0 Å². The Labute approximate surface area is 92.0 Å². The van der Waals surface area contributed by atoms with Gasteiger partial charge in [0.1, 0.15) is 5.54 Å². The maximum Gasteiger partial charge on any atom is 0.238 e. The fraction of sp³-hybridized carbons (Fsp3) is 0.909. The number of nitrogens with zero attached hydrogens (tertiary/aromatic N) is 1. The van der Waals surface area contributed by atoms with Crippen molar-refractivity contribution in [1.29, 1.82) is 0 Å². The Morgan fingerprint density at radius 1 is 1.60 bits per heavy atom. The summed E-state index contributed by atoms with van der Waals surface area (Å²) in [6, 6.07) is 0. The average molecular weight is 213 g/mol. The number of hydrogen-bond donors (Lipinski definition) is 2. The maximum atomic E-state index is 11.1. The van der Waals surface area contributed by atoms with Gasteiger partial charge in [0.15, 0.2) is 0 Å². The van der Waals surface area contributed by atoms with Crippen molar-refractivity contribution in [2.75, 3.05) is 19.6 Å². The molecule has 0 saturated carbocycles. The molecule has 2 atom stereocenters. The fourth-order valence-corrected chi connectivity index (χ4v) is 2.09. The van der Waals surface area contributed by atoms with E-state index in [2.05, 4.69) is 18.7 Å². The summed E-state index contributed by atoms with van der Waals surface area (Å²) < 4.78 is 0. The summed E-state index contributed by atoms with van der Waals surface area (Å²) in [4.78, 5) is 13.3. The minimum atomic E-state index is -0.897. The number of primary amides is 1.